The van der Waals surface area contributed by atoms with Gasteiger partial charge in [0.05, 0.1) is 34.5 Å². The summed E-state index contributed by atoms with van der Waals surface area (Å²) in [7, 11) is -3.32. The van der Waals surface area contributed by atoms with Crippen LogP contribution in [-0.4, -0.2) is 62.2 Å². The van der Waals surface area contributed by atoms with Crippen LogP contribution in [-0.2, 0) is 19.6 Å². The van der Waals surface area contributed by atoms with Gasteiger partial charge in [0.1, 0.15) is 5.52 Å². The fourth-order valence-corrected chi connectivity index (χ4v) is 6.13. The SMILES string of the molecule is CS(=O)(=O)N1CCCC(C(=O)N(CC2CCCO2)c2nc3c(Cl)cccc3s2)C1. The van der Waals surface area contributed by atoms with Gasteiger partial charge in [-0.3, -0.25) is 9.69 Å². The van der Waals surface area contributed by atoms with Crippen LogP contribution in [0.15, 0.2) is 18.2 Å². The first-order valence-electron chi connectivity index (χ1n) is 9.76. The smallest absolute Gasteiger partial charge is 0.233 e. The normalized spacial score (nSPS) is 23.5. The zero-order valence-electron chi connectivity index (χ0n) is 16.2. The zero-order valence-corrected chi connectivity index (χ0v) is 18.6. The minimum absolute atomic E-state index is 0.0314. The molecule has 0 bridgehead atoms. The maximum atomic E-state index is 13.5. The molecule has 10 heteroatoms. The largest absolute Gasteiger partial charge is 0.376 e. The summed E-state index contributed by atoms with van der Waals surface area (Å²) in [5.41, 5.74) is 0.681. The number of carbonyl (C=O) groups is 1. The maximum absolute atomic E-state index is 13.5. The van der Waals surface area contributed by atoms with Crippen LogP contribution in [0.4, 0.5) is 5.13 Å². The van der Waals surface area contributed by atoms with Crippen LogP contribution in [0.3, 0.4) is 0 Å². The van der Waals surface area contributed by atoms with Crippen molar-refractivity contribution in [2.75, 3.05) is 37.4 Å². The number of hydrogen-bond donors (Lipinski definition) is 0. The lowest BCUT2D eigenvalue weighted by atomic mass is 9.98. The Morgan fingerprint density at radius 2 is 2.21 bits per heavy atom. The first kappa shape index (κ1) is 21.0. The monoisotopic (exact) mass is 457 g/mol. The minimum Gasteiger partial charge on any atom is -0.376 e. The highest BCUT2D eigenvalue weighted by Gasteiger charge is 2.35. The number of halogens is 1. The van der Waals surface area contributed by atoms with E-state index in [1.54, 1.807) is 11.0 Å². The molecule has 2 aliphatic heterocycles. The molecule has 7 nitrogen and oxygen atoms in total. The van der Waals surface area contributed by atoms with E-state index in [-0.39, 0.29) is 24.5 Å². The molecule has 29 heavy (non-hydrogen) atoms. The average Bonchev–Trinajstić information content (AvgIpc) is 3.35. The Kier molecular flexibility index (Phi) is 6.13. The fraction of sp³-hybridized carbons (Fsp3) is 0.579. The molecule has 0 N–H and O–H groups in total. The van der Waals surface area contributed by atoms with Gasteiger partial charge in [0.25, 0.3) is 0 Å². The second-order valence-electron chi connectivity index (χ2n) is 7.63. The molecule has 2 unspecified atom stereocenters. The number of rotatable bonds is 5. The predicted octanol–water partition coefficient (Wildman–Crippen LogP) is 3.13. The summed E-state index contributed by atoms with van der Waals surface area (Å²) >= 11 is 7.71. The number of hydrogen-bond acceptors (Lipinski definition) is 6. The Balaban J connectivity index is 1.64. The Labute approximate surface area is 179 Å². The number of thiazole rings is 1. The van der Waals surface area contributed by atoms with Gasteiger partial charge in [-0.2, -0.15) is 0 Å². The number of piperidine rings is 1. The number of carbonyl (C=O) groups excluding carboxylic acids is 1. The van der Waals surface area contributed by atoms with Crippen LogP contribution in [0, 0.1) is 5.92 Å². The van der Waals surface area contributed by atoms with Crippen LogP contribution in [0.5, 0.6) is 0 Å². The van der Waals surface area contributed by atoms with Crippen molar-refractivity contribution >= 4 is 54.2 Å². The summed E-state index contributed by atoms with van der Waals surface area (Å²) in [4.78, 5) is 19.8. The van der Waals surface area contributed by atoms with Gasteiger partial charge in [0, 0.05) is 19.7 Å². The number of aromatic nitrogens is 1. The van der Waals surface area contributed by atoms with Gasteiger partial charge in [0.15, 0.2) is 5.13 Å². The quantitative estimate of drug-likeness (QED) is 0.689. The van der Waals surface area contributed by atoms with Crippen molar-refractivity contribution in [2.24, 2.45) is 5.92 Å². The number of sulfonamides is 1. The Morgan fingerprint density at radius 1 is 1.38 bits per heavy atom. The van der Waals surface area contributed by atoms with Crippen LogP contribution in [0.25, 0.3) is 10.2 Å². The molecule has 0 aliphatic carbocycles. The third kappa shape index (κ3) is 4.59. The van der Waals surface area contributed by atoms with Crippen molar-refractivity contribution in [3.63, 3.8) is 0 Å². The number of ether oxygens (including phenoxy) is 1. The third-order valence-corrected chi connectivity index (χ3v) is 8.09. The molecule has 158 valence electrons. The summed E-state index contributed by atoms with van der Waals surface area (Å²) in [6, 6.07) is 5.58. The van der Waals surface area contributed by atoms with Gasteiger partial charge < -0.3 is 4.74 Å². The van der Waals surface area contributed by atoms with Crippen molar-refractivity contribution in [2.45, 2.75) is 31.8 Å². The maximum Gasteiger partial charge on any atom is 0.233 e. The second kappa shape index (κ2) is 8.47. The van der Waals surface area contributed by atoms with Crippen molar-refractivity contribution in [3.8, 4) is 0 Å². The Bertz CT molecular complexity index is 1000. The molecule has 1 aromatic carbocycles. The number of fused-ring (bicyclic) bond motifs is 1. The number of anilines is 1. The second-order valence-corrected chi connectivity index (χ2v) is 11.0. The van der Waals surface area contributed by atoms with Crippen LogP contribution < -0.4 is 4.90 Å². The van der Waals surface area contributed by atoms with Crippen molar-refractivity contribution < 1.29 is 17.9 Å². The van der Waals surface area contributed by atoms with Gasteiger partial charge in [0.2, 0.25) is 15.9 Å². The summed E-state index contributed by atoms with van der Waals surface area (Å²) in [5, 5.41) is 1.14. The highest BCUT2D eigenvalue weighted by molar-refractivity contribution is 7.88. The van der Waals surface area contributed by atoms with Crippen molar-refractivity contribution in [1.82, 2.24) is 9.29 Å². The first-order valence-corrected chi connectivity index (χ1v) is 12.8. The minimum atomic E-state index is -3.32. The molecule has 1 aromatic heterocycles. The van der Waals surface area contributed by atoms with E-state index in [2.05, 4.69) is 4.98 Å². The summed E-state index contributed by atoms with van der Waals surface area (Å²) in [5.74, 6) is -0.480. The van der Waals surface area contributed by atoms with E-state index in [4.69, 9.17) is 16.3 Å². The Hall–Kier alpha value is -1.26. The standard InChI is InChI=1S/C19H24ClN3O4S2/c1-29(25,26)22-9-3-5-13(11-22)18(24)23(12-14-6-4-10-27-14)19-21-17-15(20)7-2-8-16(17)28-19/h2,7-8,13-14H,3-6,9-12H2,1H3. The molecule has 2 saturated heterocycles. The van der Waals surface area contributed by atoms with Crippen molar-refractivity contribution in [3.05, 3.63) is 23.2 Å². The van der Waals surface area contributed by atoms with E-state index >= 15 is 0 Å². The molecular weight excluding hydrogens is 434 g/mol. The van der Waals surface area contributed by atoms with Gasteiger partial charge in [-0.25, -0.2) is 17.7 Å². The van der Waals surface area contributed by atoms with Crippen molar-refractivity contribution in [1.29, 1.82) is 0 Å². The number of amides is 1. The van der Waals surface area contributed by atoms with E-state index in [0.29, 0.717) is 48.2 Å². The highest BCUT2D eigenvalue weighted by Crippen LogP contribution is 2.35. The topological polar surface area (TPSA) is 79.8 Å². The molecule has 0 spiro atoms. The molecule has 0 saturated carbocycles. The van der Waals surface area contributed by atoms with E-state index in [9.17, 15) is 13.2 Å². The molecule has 2 fully saturated rings. The van der Waals surface area contributed by atoms with Gasteiger partial charge >= 0.3 is 0 Å². The molecule has 3 heterocycles. The van der Waals surface area contributed by atoms with Gasteiger partial charge in [-0.15, -0.1) is 0 Å². The Morgan fingerprint density at radius 3 is 2.90 bits per heavy atom. The number of nitrogens with zero attached hydrogens (tertiary/aromatic N) is 3. The lowest BCUT2D eigenvalue weighted by Crippen LogP contribution is -2.48. The van der Waals surface area contributed by atoms with Crippen LogP contribution in [0.1, 0.15) is 25.7 Å². The zero-order chi connectivity index (χ0) is 20.6. The molecule has 1 amide bonds. The van der Waals surface area contributed by atoms with E-state index < -0.39 is 10.0 Å². The molecule has 2 aliphatic rings. The third-order valence-electron chi connectivity index (χ3n) is 5.47. The fourth-order valence-electron chi connectivity index (χ4n) is 3.94. The number of para-hydroxylation sites is 1. The molecule has 2 atom stereocenters. The van der Waals surface area contributed by atoms with E-state index in [1.165, 1.54) is 21.9 Å². The lowest BCUT2D eigenvalue weighted by molar-refractivity contribution is -0.123. The molecule has 0 radical (unpaired) electrons. The lowest BCUT2D eigenvalue weighted by Gasteiger charge is -2.33. The average molecular weight is 458 g/mol. The van der Waals surface area contributed by atoms with Crippen LogP contribution in [0.2, 0.25) is 5.02 Å². The molecule has 4 rings (SSSR count). The highest BCUT2D eigenvalue weighted by atomic mass is 35.5. The van der Waals surface area contributed by atoms with Crippen LogP contribution >= 0.6 is 22.9 Å². The summed E-state index contributed by atoms with van der Waals surface area (Å²) in [6.07, 6.45) is 4.37. The van der Waals surface area contributed by atoms with Gasteiger partial charge in [-0.1, -0.05) is 29.0 Å². The summed E-state index contributed by atoms with van der Waals surface area (Å²) in [6.45, 7) is 1.80. The number of benzene rings is 1. The first-order chi connectivity index (χ1) is 13.8. The van der Waals surface area contributed by atoms with E-state index in [0.717, 1.165) is 17.5 Å². The predicted molar refractivity (Wildman–Crippen MR) is 115 cm³/mol. The van der Waals surface area contributed by atoms with Gasteiger partial charge in [-0.05, 0) is 37.8 Å². The van der Waals surface area contributed by atoms with E-state index in [1.807, 2.05) is 12.1 Å². The molecular formula is C19H24ClN3O4S2. The molecule has 2 aromatic rings. The summed E-state index contributed by atoms with van der Waals surface area (Å²) < 4.78 is 32.1.